The summed E-state index contributed by atoms with van der Waals surface area (Å²) in [7, 11) is 0. The summed E-state index contributed by atoms with van der Waals surface area (Å²) >= 11 is 3.44. The van der Waals surface area contributed by atoms with Gasteiger partial charge in [-0.25, -0.2) is 14.4 Å². The van der Waals surface area contributed by atoms with Crippen LogP contribution in [0.2, 0.25) is 0 Å². The van der Waals surface area contributed by atoms with Gasteiger partial charge in [0.15, 0.2) is 0 Å². The van der Waals surface area contributed by atoms with Crippen LogP contribution >= 0.6 is 15.9 Å². The molecule has 0 spiro atoms. The molecule has 0 unspecified atom stereocenters. The molecule has 0 bridgehead atoms. The molecular formula is C17H12BrFN4O. The number of hydrogen-bond acceptors (Lipinski definition) is 4. The van der Waals surface area contributed by atoms with Gasteiger partial charge in [-0.1, -0.05) is 12.1 Å². The fourth-order valence-corrected chi connectivity index (χ4v) is 2.36. The first-order valence-corrected chi connectivity index (χ1v) is 7.81. The van der Waals surface area contributed by atoms with E-state index < -0.39 is 5.91 Å². The van der Waals surface area contributed by atoms with Crippen molar-refractivity contribution in [3.63, 3.8) is 0 Å². The van der Waals surface area contributed by atoms with Crippen LogP contribution in [-0.2, 0) is 0 Å². The van der Waals surface area contributed by atoms with Crippen molar-refractivity contribution in [2.24, 2.45) is 0 Å². The number of halogens is 2. The van der Waals surface area contributed by atoms with Crippen LogP contribution in [0.1, 0.15) is 10.5 Å². The van der Waals surface area contributed by atoms with Gasteiger partial charge in [0.25, 0.3) is 5.91 Å². The fraction of sp³-hybridized carbons (Fsp3) is 0. The zero-order chi connectivity index (χ0) is 16.9. The fourth-order valence-electron chi connectivity index (χ4n) is 1.98. The predicted molar refractivity (Wildman–Crippen MR) is 93.8 cm³/mol. The maximum atomic E-state index is 12.9. The molecular weight excluding hydrogens is 375 g/mol. The highest BCUT2D eigenvalue weighted by Gasteiger charge is 2.10. The number of hydrogen-bond donors (Lipinski definition) is 2. The molecule has 120 valence electrons. The molecule has 1 amide bonds. The molecule has 0 atom stereocenters. The van der Waals surface area contributed by atoms with Crippen LogP contribution in [-0.4, -0.2) is 15.9 Å². The third-order valence-electron chi connectivity index (χ3n) is 3.14. The first-order chi connectivity index (χ1) is 11.6. The smallest absolute Gasteiger partial charge is 0.274 e. The Labute approximate surface area is 146 Å². The van der Waals surface area contributed by atoms with Crippen LogP contribution in [0.4, 0.5) is 21.6 Å². The van der Waals surface area contributed by atoms with Gasteiger partial charge in [0.05, 0.1) is 5.69 Å². The quantitative estimate of drug-likeness (QED) is 0.698. The molecule has 1 aromatic heterocycles. The lowest BCUT2D eigenvalue weighted by Gasteiger charge is -2.09. The molecule has 5 nitrogen and oxygen atoms in total. The highest BCUT2D eigenvalue weighted by Crippen LogP contribution is 2.24. The number of anilines is 3. The number of nitrogens with one attached hydrogen (secondary N) is 2. The van der Waals surface area contributed by atoms with Gasteiger partial charge in [0, 0.05) is 16.2 Å². The van der Waals surface area contributed by atoms with Gasteiger partial charge >= 0.3 is 0 Å². The van der Waals surface area contributed by atoms with Crippen molar-refractivity contribution < 1.29 is 9.18 Å². The average molecular weight is 387 g/mol. The molecule has 1 heterocycles. The Morgan fingerprint density at radius 2 is 1.79 bits per heavy atom. The van der Waals surface area contributed by atoms with E-state index in [0.717, 1.165) is 10.2 Å². The number of rotatable bonds is 4. The van der Waals surface area contributed by atoms with Crippen molar-refractivity contribution in [1.29, 1.82) is 0 Å². The molecule has 0 fully saturated rings. The van der Waals surface area contributed by atoms with Gasteiger partial charge in [0.2, 0.25) is 0 Å². The van der Waals surface area contributed by atoms with Gasteiger partial charge in [-0.05, 0) is 52.3 Å². The predicted octanol–water partition coefficient (Wildman–Crippen LogP) is 4.37. The van der Waals surface area contributed by atoms with Crippen molar-refractivity contribution in [2.45, 2.75) is 0 Å². The Kier molecular flexibility index (Phi) is 4.81. The standard InChI is InChI=1S/C17H12BrFN4O/c18-13-3-1-2-4-14(13)23-16-9-15(20-10-21-16)17(24)22-12-7-5-11(19)6-8-12/h1-10H,(H,22,24)(H,20,21,23). The molecule has 0 aliphatic heterocycles. The van der Waals surface area contributed by atoms with Gasteiger partial charge in [-0.2, -0.15) is 0 Å². The maximum Gasteiger partial charge on any atom is 0.274 e. The number of carbonyl (C=O) groups excluding carboxylic acids is 1. The molecule has 3 rings (SSSR count). The van der Waals surface area contributed by atoms with E-state index in [1.165, 1.54) is 36.7 Å². The average Bonchev–Trinajstić information content (AvgIpc) is 2.59. The third-order valence-corrected chi connectivity index (χ3v) is 3.83. The SMILES string of the molecule is O=C(Nc1ccc(F)cc1)c1cc(Nc2ccccc2Br)ncn1. The van der Waals surface area contributed by atoms with E-state index in [0.29, 0.717) is 11.5 Å². The van der Waals surface area contributed by atoms with Crippen molar-refractivity contribution >= 4 is 39.0 Å². The summed E-state index contributed by atoms with van der Waals surface area (Å²) in [4.78, 5) is 20.3. The number of aromatic nitrogens is 2. The Morgan fingerprint density at radius 3 is 2.54 bits per heavy atom. The number of para-hydroxylation sites is 1. The number of benzene rings is 2. The lowest BCUT2D eigenvalue weighted by atomic mass is 10.3. The highest BCUT2D eigenvalue weighted by atomic mass is 79.9. The summed E-state index contributed by atoms with van der Waals surface area (Å²) < 4.78 is 13.8. The van der Waals surface area contributed by atoms with E-state index in [2.05, 4.69) is 36.5 Å². The minimum absolute atomic E-state index is 0.198. The lowest BCUT2D eigenvalue weighted by molar-refractivity contribution is 0.102. The van der Waals surface area contributed by atoms with Crippen LogP contribution in [0.25, 0.3) is 0 Å². The molecule has 2 aromatic carbocycles. The molecule has 0 saturated heterocycles. The normalized spacial score (nSPS) is 10.2. The Morgan fingerprint density at radius 1 is 1.04 bits per heavy atom. The van der Waals surface area contributed by atoms with E-state index in [1.54, 1.807) is 0 Å². The first-order valence-electron chi connectivity index (χ1n) is 7.02. The molecule has 24 heavy (non-hydrogen) atoms. The monoisotopic (exact) mass is 386 g/mol. The van der Waals surface area contributed by atoms with Gasteiger partial charge < -0.3 is 10.6 Å². The maximum absolute atomic E-state index is 12.9. The van der Waals surface area contributed by atoms with E-state index in [9.17, 15) is 9.18 Å². The second-order valence-corrected chi connectivity index (χ2v) is 5.71. The van der Waals surface area contributed by atoms with Crippen LogP contribution in [0.5, 0.6) is 0 Å². The van der Waals surface area contributed by atoms with Gasteiger partial charge in [0.1, 0.15) is 23.7 Å². The summed E-state index contributed by atoms with van der Waals surface area (Å²) in [6.07, 6.45) is 1.30. The molecule has 0 radical (unpaired) electrons. The van der Waals surface area contributed by atoms with Crippen molar-refractivity contribution in [2.75, 3.05) is 10.6 Å². The number of carbonyl (C=O) groups is 1. The van der Waals surface area contributed by atoms with Crippen LogP contribution in [0, 0.1) is 5.82 Å². The summed E-state index contributed by atoms with van der Waals surface area (Å²) in [6, 6.07) is 14.6. The largest absolute Gasteiger partial charge is 0.339 e. The molecule has 0 aliphatic carbocycles. The molecule has 7 heteroatoms. The second kappa shape index (κ2) is 7.18. The topological polar surface area (TPSA) is 66.9 Å². The Balaban J connectivity index is 1.76. The van der Waals surface area contributed by atoms with Gasteiger partial charge in [-0.3, -0.25) is 4.79 Å². The Bertz CT molecular complexity index is 870. The summed E-state index contributed by atoms with van der Waals surface area (Å²) in [5.41, 5.74) is 1.50. The molecule has 0 saturated carbocycles. The molecule has 0 aliphatic rings. The number of nitrogens with zero attached hydrogens (tertiary/aromatic N) is 2. The minimum Gasteiger partial charge on any atom is -0.339 e. The van der Waals surface area contributed by atoms with Crippen molar-refractivity contribution in [1.82, 2.24) is 9.97 Å². The summed E-state index contributed by atoms with van der Waals surface area (Å²) in [5, 5.41) is 5.77. The van der Waals surface area contributed by atoms with Crippen LogP contribution in [0.3, 0.4) is 0 Å². The van der Waals surface area contributed by atoms with Crippen molar-refractivity contribution in [3.05, 3.63) is 76.9 Å². The minimum atomic E-state index is -0.404. The number of amides is 1. The third kappa shape index (κ3) is 3.94. The van der Waals surface area contributed by atoms with E-state index in [-0.39, 0.29) is 11.5 Å². The second-order valence-electron chi connectivity index (χ2n) is 4.85. The molecule has 3 aromatic rings. The van der Waals surface area contributed by atoms with E-state index in [1.807, 2.05) is 24.3 Å². The Hall–Kier alpha value is -2.80. The highest BCUT2D eigenvalue weighted by molar-refractivity contribution is 9.10. The summed E-state index contributed by atoms with van der Waals surface area (Å²) in [6.45, 7) is 0. The van der Waals surface area contributed by atoms with E-state index >= 15 is 0 Å². The zero-order valence-electron chi connectivity index (χ0n) is 12.3. The summed E-state index contributed by atoms with van der Waals surface area (Å²) in [5.74, 6) is -0.282. The van der Waals surface area contributed by atoms with Crippen molar-refractivity contribution in [3.8, 4) is 0 Å². The first kappa shape index (κ1) is 16.1. The van der Waals surface area contributed by atoms with Gasteiger partial charge in [-0.15, -0.1) is 0 Å². The van der Waals surface area contributed by atoms with Crippen LogP contribution < -0.4 is 10.6 Å². The zero-order valence-corrected chi connectivity index (χ0v) is 13.9. The molecule has 2 N–H and O–H groups in total. The lowest BCUT2D eigenvalue weighted by Crippen LogP contribution is -2.14. The van der Waals surface area contributed by atoms with E-state index in [4.69, 9.17) is 0 Å². The van der Waals surface area contributed by atoms with Crippen LogP contribution in [0.15, 0.2) is 65.4 Å².